The van der Waals surface area contributed by atoms with Gasteiger partial charge in [-0.2, -0.15) is 0 Å². The Morgan fingerprint density at radius 2 is 2.24 bits per heavy atom. The number of rotatable bonds is 5. The van der Waals surface area contributed by atoms with E-state index >= 15 is 0 Å². The Hall–Kier alpha value is -2.15. The first-order chi connectivity index (χ1) is 8.08. The Labute approximate surface area is 97.9 Å². The number of nitro groups is 1. The lowest BCUT2D eigenvalue weighted by molar-refractivity contribution is -0.384. The fraction of sp³-hybridized carbons (Fsp3) is 0.300. The van der Waals surface area contributed by atoms with Crippen LogP contribution >= 0.6 is 0 Å². The maximum Gasteiger partial charge on any atom is 0.273 e. The lowest BCUT2D eigenvalue weighted by Crippen LogP contribution is -2.25. The van der Waals surface area contributed by atoms with Crippen LogP contribution in [0, 0.1) is 10.1 Å². The maximum absolute atomic E-state index is 11.3. The van der Waals surface area contributed by atoms with Gasteiger partial charge >= 0.3 is 0 Å². The number of anilines is 1. The Morgan fingerprint density at radius 1 is 1.53 bits per heavy atom. The predicted molar refractivity (Wildman–Crippen MR) is 62.2 cm³/mol. The van der Waals surface area contributed by atoms with Crippen molar-refractivity contribution in [2.75, 3.05) is 26.0 Å². The summed E-state index contributed by atoms with van der Waals surface area (Å²) in [6.07, 6.45) is 0. The van der Waals surface area contributed by atoms with Crippen LogP contribution in [-0.4, -0.2) is 31.5 Å². The molecular weight excluding hydrogens is 226 g/mol. The van der Waals surface area contributed by atoms with Crippen LogP contribution in [0.15, 0.2) is 18.2 Å². The lowest BCUT2D eigenvalue weighted by atomic mass is 10.2. The number of non-ortho nitro benzene ring substituents is 1. The van der Waals surface area contributed by atoms with Gasteiger partial charge in [0.25, 0.3) is 5.69 Å². The normalized spacial score (nSPS) is 9.76. The number of nitrogens with one attached hydrogen (secondary N) is 2. The summed E-state index contributed by atoms with van der Waals surface area (Å²) < 4.78 is 4.98. The summed E-state index contributed by atoms with van der Waals surface area (Å²) in [5, 5.41) is 15.8. The van der Waals surface area contributed by atoms with Crippen molar-refractivity contribution in [3.63, 3.8) is 0 Å². The number of nitro benzene ring substituents is 1. The molecule has 0 aliphatic carbocycles. The van der Waals surface area contributed by atoms with Gasteiger partial charge in [-0.3, -0.25) is 14.9 Å². The second-order valence-corrected chi connectivity index (χ2v) is 3.22. The van der Waals surface area contributed by atoms with Gasteiger partial charge in [0.05, 0.1) is 30.3 Å². The summed E-state index contributed by atoms with van der Waals surface area (Å²) in [7, 11) is 3.03. The van der Waals surface area contributed by atoms with Crippen molar-refractivity contribution < 1.29 is 14.5 Å². The topological polar surface area (TPSA) is 93.5 Å². The van der Waals surface area contributed by atoms with Crippen LogP contribution in [0.5, 0.6) is 5.75 Å². The maximum atomic E-state index is 11.3. The summed E-state index contributed by atoms with van der Waals surface area (Å²) in [5.74, 6) is 0.00306. The highest BCUT2D eigenvalue weighted by molar-refractivity contribution is 5.93. The molecule has 0 saturated carbocycles. The number of benzene rings is 1. The van der Waals surface area contributed by atoms with Gasteiger partial charge in [-0.15, -0.1) is 0 Å². The van der Waals surface area contributed by atoms with E-state index in [9.17, 15) is 14.9 Å². The predicted octanol–water partition coefficient (Wildman–Crippen LogP) is 0.761. The van der Waals surface area contributed by atoms with E-state index in [0.717, 1.165) is 0 Å². The summed E-state index contributed by atoms with van der Waals surface area (Å²) in [6.45, 7) is 0.153. The smallest absolute Gasteiger partial charge is 0.273 e. The summed E-state index contributed by atoms with van der Waals surface area (Å²) in [5.41, 5.74) is 0.312. The van der Waals surface area contributed by atoms with Gasteiger partial charge < -0.3 is 15.4 Å². The number of ether oxygens (including phenoxy) is 1. The summed E-state index contributed by atoms with van der Waals surface area (Å²) in [6, 6.07) is 4.00. The average Bonchev–Trinajstić information content (AvgIpc) is 2.29. The van der Waals surface area contributed by atoms with E-state index in [1.165, 1.54) is 25.3 Å². The molecule has 0 atom stereocenters. The Bertz CT molecular complexity index is 434. The fourth-order valence-electron chi connectivity index (χ4n) is 1.25. The van der Waals surface area contributed by atoms with Crippen molar-refractivity contribution in [1.82, 2.24) is 5.32 Å². The minimum absolute atomic E-state index is 0.0894. The third-order valence-corrected chi connectivity index (χ3v) is 2.01. The van der Waals surface area contributed by atoms with Crippen LogP contribution < -0.4 is 15.4 Å². The van der Waals surface area contributed by atoms with Gasteiger partial charge in [0.15, 0.2) is 0 Å². The third-order valence-electron chi connectivity index (χ3n) is 2.01. The van der Waals surface area contributed by atoms with Gasteiger partial charge in [0.2, 0.25) is 5.91 Å². The SMILES string of the molecule is CNCC(=O)Nc1ccc([N+](=O)[O-])cc1OC. The number of methoxy groups -OCH3 is 1. The van der Waals surface area contributed by atoms with Crippen LogP contribution in [0.2, 0.25) is 0 Å². The second-order valence-electron chi connectivity index (χ2n) is 3.22. The summed E-state index contributed by atoms with van der Waals surface area (Å²) >= 11 is 0. The molecule has 92 valence electrons. The van der Waals surface area contributed by atoms with Gasteiger partial charge in [-0.05, 0) is 13.1 Å². The van der Waals surface area contributed by atoms with Crippen LogP contribution in [0.1, 0.15) is 0 Å². The molecule has 0 spiro atoms. The monoisotopic (exact) mass is 239 g/mol. The molecule has 1 rings (SSSR count). The van der Waals surface area contributed by atoms with Crippen molar-refractivity contribution in [3.05, 3.63) is 28.3 Å². The van der Waals surface area contributed by atoms with E-state index in [1.54, 1.807) is 7.05 Å². The minimum Gasteiger partial charge on any atom is -0.494 e. The molecule has 0 aliphatic rings. The van der Waals surface area contributed by atoms with Crippen LogP contribution in [-0.2, 0) is 4.79 Å². The highest BCUT2D eigenvalue weighted by Crippen LogP contribution is 2.28. The molecule has 0 fully saturated rings. The quantitative estimate of drug-likeness (QED) is 0.584. The number of carbonyl (C=O) groups excluding carboxylic acids is 1. The molecule has 0 unspecified atom stereocenters. The number of nitrogens with zero attached hydrogens (tertiary/aromatic N) is 1. The van der Waals surface area contributed by atoms with Crippen molar-refractivity contribution in [3.8, 4) is 5.75 Å². The Balaban J connectivity index is 2.92. The van der Waals surface area contributed by atoms with E-state index in [1.807, 2.05) is 0 Å². The van der Waals surface area contributed by atoms with E-state index in [0.29, 0.717) is 5.69 Å². The van der Waals surface area contributed by atoms with E-state index in [4.69, 9.17) is 4.74 Å². The molecule has 0 aliphatic heterocycles. The largest absolute Gasteiger partial charge is 0.494 e. The molecule has 7 nitrogen and oxygen atoms in total. The molecule has 0 bridgehead atoms. The molecule has 0 radical (unpaired) electrons. The zero-order valence-electron chi connectivity index (χ0n) is 9.52. The van der Waals surface area contributed by atoms with E-state index in [2.05, 4.69) is 10.6 Å². The molecular formula is C10H13N3O4. The molecule has 1 aromatic rings. The first kappa shape index (κ1) is 12.9. The first-order valence-electron chi connectivity index (χ1n) is 4.85. The molecule has 0 aromatic heterocycles. The minimum atomic E-state index is -0.526. The average molecular weight is 239 g/mol. The van der Waals surface area contributed by atoms with Gasteiger partial charge in [-0.25, -0.2) is 0 Å². The third kappa shape index (κ3) is 3.42. The highest BCUT2D eigenvalue weighted by Gasteiger charge is 2.12. The Kier molecular flexibility index (Phi) is 4.41. The zero-order valence-corrected chi connectivity index (χ0v) is 9.52. The molecule has 0 heterocycles. The number of amides is 1. The van der Waals surface area contributed by atoms with Crippen LogP contribution in [0.3, 0.4) is 0 Å². The molecule has 2 N–H and O–H groups in total. The molecule has 7 heteroatoms. The molecule has 1 aromatic carbocycles. The van der Waals surface area contributed by atoms with E-state index < -0.39 is 4.92 Å². The lowest BCUT2D eigenvalue weighted by Gasteiger charge is -2.09. The van der Waals surface area contributed by atoms with Crippen molar-refractivity contribution >= 4 is 17.3 Å². The number of likely N-dealkylation sites (N-methyl/N-ethyl adjacent to an activating group) is 1. The first-order valence-corrected chi connectivity index (χ1v) is 4.85. The Morgan fingerprint density at radius 3 is 2.76 bits per heavy atom. The van der Waals surface area contributed by atoms with Crippen molar-refractivity contribution in [2.45, 2.75) is 0 Å². The number of carbonyl (C=O) groups is 1. The molecule has 0 saturated heterocycles. The highest BCUT2D eigenvalue weighted by atomic mass is 16.6. The standard InChI is InChI=1S/C10H13N3O4/c1-11-6-10(14)12-8-4-3-7(13(15)16)5-9(8)17-2/h3-5,11H,6H2,1-2H3,(H,12,14). The van der Waals surface area contributed by atoms with Gasteiger partial charge in [0.1, 0.15) is 5.75 Å². The van der Waals surface area contributed by atoms with Gasteiger partial charge in [-0.1, -0.05) is 0 Å². The zero-order chi connectivity index (χ0) is 12.8. The summed E-state index contributed by atoms with van der Waals surface area (Å²) in [4.78, 5) is 21.4. The van der Waals surface area contributed by atoms with Crippen molar-refractivity contribution in [2.24, 2.45) is 0 Å². The van der Waals surface area contributed by atoms with Crippen LogP contribution in [0.4, 0.5) is 11.4 Å². The second kappa shape index (κ2) is 5.80. The molecule has 1 amide bonds. The number of hydrogen-bond donors (Lipinski definition) is 2. The number of hydrogen-bond acceptors (Lipinski definition) is 5. The van der Waals surface area contributed by atoms with Crippen molar-refractivity contribution in [1.29, 1.82) is 0 Å². The fourth-order valence-corrected chi connectivity index (χ4v) is 1.25. The van der Waals surface area contributed by atoms with E-state index in [-0.39, 0.29) is 23.9 Å². The molecule has 17 heavy (non-hydrogen) atoms. The van der Waals surface area contributed by atoms with Gasteiger partial charge in [0, 0.05) is 6.07 Å². The van der Waals surface area contributed by atoms with Crippen LogP contribution in [0.25, 0.3) is 0 Å².